The first-order valence-corrected chi connectivity index (χ1v) is 5.03. The number of nitrogens with zero attached hydrogens (tertiary/aromatic N) is 2. The second kappa shape index (κ2) is 2.82. The van der Waals surface area contributed by atoms with E-state index in [0.29, 0.717) is 17.1 Å². The molecule has 2 aromatic rings. The molecule has 0 atom stereocenters. The van der Waals surface area contributed by atoms with Crippen molar-refractivity contribution in [3.8, 4) is 0 Å². The normalized spacial score (nSPS) is 15.7. The quantitative estimate of drug-likeness (QED) is 0.708. The Bertz CT molecular complexity index is 584. The molecule has 0 bridgehead atoms. The number of hydrogen-bond acceptors (Lipinski definition) is 3. The molecule has 15 heavy (non-hydrogen) atoms. The molecule has 0 radical (unpaired) electrons. The largest absolute Gasteiger partial charge is 0.399 e. The molecular weight excluding hydrogens is 190 g/mol. The number of hydrogen-bond donors (Lipinski definition) is 1. The molecule has 1 heterocycles. The summed E-state index contributed by atoms with van der Waals surface area (Å²) in [7, 11) is 0. The summed E-state index contributed by atoms with van der Waals surface area (Å²) in [4.78, 5) is 11.6. The molecule has 2 N–H and O–H groups in total. The molecule has 4 heteroatoms. The lowest BCUT2D eigenvalue weighted by Crippen LogP contribution is -2.11. The molecular formula is C11H11N3O. The summed E-state index contributed by atoms with van der Waals surface area (Å²) < 4.78 is 1.91. The zero-order chi connectivity index (χ0) is 10.4. The fraction of sp³-hybridized carbons (Fsp3) is 0.273. The van der Waals surface area contributed by atoms with Crippen molar-refractivity contribution in [2.75, 3.05) is 5.73 Å². The van der Waals surface area contributed by atoms with Gasteiger partial charge in [-0.2, -0.15) is 5.10 Å². The van der Waals surface area contributed by atoms with Gasteiger partial charge >= 0.3 is 0 Å². The van der Waals surface area contributed by atoms with E-state index < -0.39 is 0 Å². The fourth-order valence-corrected chi connectivity index (χ4v) is 1.80. The minimum Gasteiger partial charge on any atom is -0.399 e. The van der Waals surface area contributed by atoms with Gasteiger partial charge in [-0.05, 0) is 31.0 Å². The molecule has 0 aliphatic heterocycles. The molecule has 1 aliphatic rings. The molecule has 0 spiro atoms. The first-order chi connectivity index (χ1) is 7.25. The van der Waals surface area contributed by atoms with Gasteiger partial charge in [0.05, 0.1) is 17.8 Å². The van der Waals surface area contributed by atoms with Crippen LogP contribution in [0.5, 0.6) is 0 Å². The van der Waals surface area contributed by atoms with E-state index in [1.165, 1.54) is 6.20 Å². The minimum absolute atomic E-state index is 0.0399. The molecule has 3 rings (SSSR count). The van der Waals surface area contributed by atoms with Crippen LogP contribution in [0.3, 0.4) is 0 Å². The van der Waals surface area contributed by atoms with E-state index >= 15 is 0 Å². The third-order valence-electron chi connectivity index (χ3n) is 2.73. The summed E-state index contributed by atoms with van der Waals surface area (Å²) in [5.41, 5.74) is 7.20. The Morgan fingerprint density at radius 3 is 2.93 bits per heavy atom. The monoisotopic (exact) mass is 201 g/mol. The molecule has 1 aromatic carbocycles. The van der Waals surface area contributed by atoms with Gasteiger partial charge in [0.15, 0.2) is 0 Å². The number of aromatic nitrogens is 2. The lowest BCUT2D eigenvalue weighted by atomic mass is 10.2. The lowest BCUT2D eigenvalue weighted by Gasteiger charge is -2.07. The maximum absolute atomic E-state index is 11.6. The highest BCUT2D eigenvalue weighted by Crippen LogP contribution is 2.35. The predicted molar refractivity (Wildman–Crippen MR) is 58.7 cm³/mol. The van der Waals surface area contributed by atoms with Crippen LogP contribution in [0.2, 0.25) is 0 Å². The average Bonchev–Trinajstić information content (AvgIpc) is 3.02. The van der Waals surface area contributed by atoms with E-state index in [1.54, 1.807) is 12.1 Å². The van der Waals surface area contributed by atoms with E-state index in [2.05, 4.69) is 5.10 Å². The third-order valence-corrected chi connectivity index (χ3v) is 2.73. The van der Waals surface area contributed by atoms with Gasteiger partial charge in [-0.1, -0.05) is 0 Å². The molecule has 0 unspecified atom stereocenters. The van der Waals surface area contributed by atoms with Crippen molar-refractivity contribution in [1.82, 2.24) is 9.78 Å². The summed E-state index contributed by atoms with van der Waals surface area (Å²) in [5.74, 6) is 0. The van der Waals surface area contributed by atoms with Crippen molar-refractivity contribution in [1.29, 1.82) is 0 Å². The van der Waals surface area contributed by atoms with Crippen LogP contribution >= 0.6 is 0 Å². The van der Waals surface area contributed by atoms with Crippen molar-refractivity contribution < 1.29 is 0 Å². The average molecular weight is 201 g/mol. The first kappa shape index (κ1) is 8.47. The van der Waals surface area contributed by atoms with Crippen molar-refractivity contribution in [3.05, 3.63) is 34.6 Å². The van der Waals surface area contributed by atoms with Gasteiger partial charge in [0.25, 0.3) is 0 Å². The Labute approximate surface area is 86.3 Å². The van der Waals surface area contributed by atoms with E-state index in [0.717, 1.165) is 18.4 Å². The van der Waals surface area contributed by atoms with Gasteiger partial charge in [-0.15, -0.1) is 0 Å². The Hall–Kier alpha value is -1.84. The summed E-state index contributed by atoms with van der Waals surface area (Å²) in [5, 5.41) is 4.86. The number of nitrogens with two attached hydrogens (primary N) is 1. The number of nitrogen functional groups attached to an aromatic ring is 1. The van der Waals surface area contributed by atoms with Crippen molar-refractivity contribution in [2.45, 2.75) is 18.9 Å². The SMILES string of the molecule is Nc1ccc2c(=O)cnn(C3CC3)c2c1. The molecule has 1 aliphatic carbocycles. The van der Waals surface area contributed by atoms with Crippen molar-refractivity contribution >= 4 is 16.6 Å². The van der Waals surface area contributed by atoms with Crippen molar-refractivity contribution in [2.24, 2.45) is 0 Å². The molecule has 0 amide bonds. The van der Waals surface area contributed by atoms with Gasteiger partial charge in [-0.3, -0.25) is 9.48 Å². The number of fused-ring (bicyclic) bond motifs is 1. The predicted octanol–water partition coefficient (Wildman–Crippen LogP) is 1.31. The van der Waals surface area contributed by atoms with Crippen LogP contribution < -0.4 is 11.2 Å². The zero-order valence-electron chi connectivity index (χ0n) is 8.18. The van der Waals surface area contributed by atoms with Crippen LogP contribution in [0.1, 0.15) is 18.9 Å². The topological polar surface area (TPSA) is 60.9 Å². The number of benzene rings is 1. The van der Waals surface area contributed by atoms with Gasteiger partial charge < -0.3 is 5.73 Å². The standard InChI is InChI=1S/C11H11N3O/c12-7-1-4-9-10(5-7)14(8-2-3-8)13-6-11(9)15/h1,4-6,8H,2-3,12H2. The van der Waals surface area contributed by atoms with Crippen LogP contribution in [0.25, 0.3) is 10.9 Å². The molecule has 1 aromatic heterocycles. The Kier molecular flexibility index (Phi) is 1.59. The van der Waals surface area contributed by atoms with Gasteiger partial charge in [0, 0.05) is 11.1 Å². The van der Waals surface area contributed by atoms with E-state index in [-0.39, 0.29) is 5.43 Å². The zero-order valence-corrected chi connectivity index (χ0v) is 8.18. The summed E-state index contributed by atoms with van der Waals surface area (Å²) >= 11 is 0. The molecule has 76 valence electrons. The molecule has 1 fully saturated rings. The Morgan fingerprint density at radius 1 is 1.40 bits per heavy atom. The Balaban J connectivity index is 2.41. The number of anilines is 1. The van der Waals surface area contributed by atoms with E-state index in [9.17, 15) is 4.79 Å². The second-order valence-corrected chi connectivity index (χ2v) is 3.96. The first-order valence-electron chi connectivity index (χ1n) is 5.03. The highest BCUT2D eigenvalue weighted by Gasteiger charge is 2.25. The highest BCUT2D eigenvalue weighted by atomic mass is 16.1. The summed E-state index contributed by atoms with van der Waals surface area (Å²) in [6, 6.07) is 5.80. The van der Waals surface area contributed by atoms with E-state index in [1.807, 2.05) is 10.7 Å². The number of rotatable bonds is 1. The minimum atomic E-state index is -0.0399. The van der Waals surface area contributed by atoms with E-state index in [4.69, 9.17) is 5.73 Å². The smallest absolute Gasteiger partial charge is 0.207 e. The lowest BCUT2D eigenvalue weighted by molar-refractivity contribution is 0.650. The highest BCUT2D eigenvalue weighted by molar-refractivity contribution is 5.81. The van der Waals surface area contributed by atoms with Gasteiger partial charge in [0.1, 0.15) is 0 Å². The molecule has 1 saturated carbocycles. The van der Waals surface area contributed by atoms with Crippen LogP contribution in [0.15, 0.2) is 29.2 Å². The fourth-order valence-electron chi connectivity index (χ4n) is 1.80. The molecule has 0 saturated heterocycles. The van der Waals surface area contributed by atoms with Crippen LogP contribution in [-0.4, -0.2) is 9.78 Å². The van der Waals surface area contributed by atoms with Gasteiger partial charge in [0.2, 0.25) is 5.43 Å². The van der Waals surface area contributed by atoms with Crippen LogP contribution in [-0.2, 0) is 0 Å². The van der Waals surface area contributed by atoms with Gasteiger partial charge in [-0.25, -0.2) is 0 Å². The second-order valence-electron chi connectivity index (χ2n) is 3.96. The Morgan fingerprint density at radius 2 is 2.20 bits per heavy atom. The molecule has 4 nitrogen and oxygen atoms in total. The van der Waals surface area contributed by atoms with Crippen molar-refractivity contribution in [3.63, 3.8) is 0 Å². The van der Waals surface area contributed by atoms with Crippen LogP contribution in [0.4, 0.5) is 5.69 Å². The third kappa shape index (κ3) is 1.29. The summed E-state index contributed by atoms with van der Waals surface area (Å²) in [6.45, 7) is 0. The maximum atomic E-state index is 11.6. The van der Waals surface area contributed by atoms with Crippen LogP contribution in [0, 0.1) is 0 Å². The maximum Gasteiger partial charge on any atom is 0.207 e. The summed E-state index contributed by atoms with van der Waals surface area (Å²) in [6.07, 6.45) is 3.66.